The fourth-order valence-electron chi connectivity index (χ4n) is 1.17. The van der Waals surface area contributed by atoms with Crippen LogP contribution in [0.4, 0.5) is 0 Å². The molecule has 0 rings (SSSR count). The van der Waals surface area contributed by atoms with Gasteiger partial charge in [0, 0.05) is 5.97 Å². The molecule has 66 valence electrons. The van der Waals surface area contributed by atoms with Crippen LogP contribution in [0.15, 0.2) is 0 Å². The van der Waals surface area contributed by atoms with Gasteiger partial charge in [-0.25, -0.2) is 0 Å². The molecule has 0 radical (unpaired) electrons. The van der Waals surface area contributed by atoms with E-state index in [0.29, 0.717) is 12.5 Å². The molecule has 3 heteroatoms. The maximum Gasteiger partial charge on any atom is 0.0417 e. The molecule has 0 aromatic carbocycles. The minimum absolute atomic E-state index is 0.0833. The van der Waals surface area contributed by atoms with E-state index >= 15 is 0 Å². The molecule has 0 aromatic heterocycles. The second-order valence-corrected chi connectivity index (χ2v) is 3.31. The normalized spacial score (nSPS) is 13.5. The van der Waals surface area contributed by atoms with Crippen LogP contribution in [-0.2, 0) is 4.79 Å². The first-order valence-corrected chi connectivity index (χ1v) is 3.96. The van der Waals surface area contributed by atoms with Gasteiger partial charge in [0.05, 0.1) is 0 Å². The van der Waals surface area contributed by atoms with E-state index in [0.717, 1.165) is 6.42 Å². The van der Waals surface area contributed by atoms with E-state index in [1.54, 1.807) is 0 Å². The SMILES string of the molecule is CC(C)C[C@H](CN)CC(=O)[O-]. The monoisotopic (exact) mass is 158 g/mol. The fourth-order valence-corrected chi connectivity index (χ4v) is 1.17. The molecule has 0 saturated carbocycles. The molecule has 0 spiro atoms. The van der Waals surface area contributed by atoms with Crippen LogP contribution in [-0.4, -0.2) is 12.5 Å². The van der Waals surface area contributed by atoms with Crippen molar-refractivity contribution < 1.29 is 9.90 Å². The quantitative estimate of drug-likeness (QED) is 0.600. The molecular formula is C8H16NO2-. The van der Waals surface area contributed by atoms with Crippen molar-refractivity contribution in [3.8, 4) is 0 Å². The van der Waals surface area contributed by atoms with Gasteiger partial charge in [0.15, 0.2) is 0 Å². The molecule has 0 heterocycles. The van der Waals surface area contributed by atoms with Crippen LogP contribution in [0.5, 0.6) is 0 Å². The van der Waals surface area contributed by atoms with E-state index in [1.807, 2.05) is 0 Å². The Bertz CT molecular complexity index is 123. The smallest absolute Gasteiger partial charge is 0.0417 e. The van der Waals surface area contributed by atoms with Gasteiger partial charge < -0.3 is 15.6 Å². The number of carbonyl (C=O) groups is 1. The first kappa shape index (κ1) is 10.4. The molecule has 11 heavy (non-hydrogen) atoms. The molecule has 0 aliphatic heterocycles. The van der Waals surface area contributed by atoms with Crippen molar-refractivity contribution in [2.24, 2.45) is 17.6 Å². The van der Waals surface area contributed by atoms with Crippen LogP contribution in [0.25, 0.3) is 0 Å². The molecule has 1 atom stereocenters. The molecule has 0 bridgehead atoms. The minimum atomic E-state index is -0.999. The van der Waals surface area contributed by atoms with Crippen molar-refractivity contribution in [2.45, 2.75) is 26.7 Å². The van der Waals surface area contributed by atoms with Crippen LogP contribution >= 0.6 is 0 Å². The minimum Gasteiger partial charge on any atom is -0.550 e. The Kier molecular flexibility index (Phi) is 4.86. The molecule has 0 aliphatic carbocycles. The van der Waals surface area contributed by atoms with Crippen LogP contribution in [0.3, 0.4) is 0 Å². The second kappa shape index (κ2) is 5.13. The van der Waals surface area contributed by atoms with Gasteiger partial charge in [0.25, 0.3) is 0 Å². The van der Waals surface area contributed by atoms with Crippen molar-refractivity contribution in [3.05, 3.63) is 0 Å². The van der Waals surface area contributed by atoms with Crippen molar-refractivity contribution in [3.63, 3.8) is 0 Å². The molecule has 0 aliphatic rings. The van der Waals surface area contributed by atoms with Gasteiger partial charge in [-0.2, -0.15) is 0 Å². The van der Waals surface area contributed by atoms with Crippen molar-refractivity contribution in [1.82, 2.24) is 0 Å². The molecule has 0 aromatic rings. The third-order valence-electron chi connectivity index (χ3n) is 1.59. The van der Waals surface area contributed by atoms with E-state index in [4.69, 9.17) is 5.73 Å². The number of carboxylic acid groups (broad SMARTS) is 1. The highest BCUT2D eigenvalue weighted by molar-refractivity contribution is 5.64. The fraction of sp³-hybridized carbons (Fsp3) is 0.875. The number of aliphatic carboxylic acids is 1. The Labute approximate surface area is 67.6 Å². The summed E-state index contributed by atoms with van der Waals surface area (Å²) < 4.78 is 0. The molecule has 3 nitrogen and oxygen atoms in total. The number of hydrogen-bond donors (Lipinski definition) is 1. The van der Waals surface area contributed by atoms with Gasteiger partial charge in [-0.3, -0.25) is 0 Å². The topological polar surface area (TPSA) is 66.2 Å². The molecule has 0 unspecified atom stereocenters. The lowest BCUT2D eigenvalue weighted by Crippen LogP contribution is -2.28. The van der Waals surface area contributed by atoms with Crippen LogP contribution < -0.4 is 10.8 Å². The number of hydrogen-bond acceptors (Lipinski definition) is 3. The van der Waals surface area contributed by atoms with E-state index in [-0.39, 0.29) is 12.3 Å². The van der Waals surface area contributed by atoms with Gasteiger partial charge >= 0.3 is 0 Å². The Morgan fingerprint density at radius 1 is 1.55 bits per heavy atom. The zero-order chi connectivity index (χ0) is 8.85. The van der Waals surface area contributed by atoms with E-state index in [1.165, 1.54) is 0 Å². The maximum absolute atomic E-state index is 10.2. The second-order valence-electron chi connectivity index (χ2n) is 3.31. The predicted molar refractivity (Wildman–Crippen MR) is 41.6 cm³/mol. The summed E-state index contributed by atoms with van der Waals surface area (Å²) in [6.45, 7) is 4.54. The average Bonchev–Trinajstić information content (AvgIpc) is 1.84. The van der Waals surface area contributed by atoms with Gasteiger partial charge in [-0.05, 0) is 31.2 Å². The summed E-state index contributed by atoms with van der Waals surface area (Å²) in [4.78, 5) is 10.2. The molecule has 0 fully saturated rings. The zero-order valence-electron chi connectivity index (χ0n) is 7.17. The average molecular weight is 158 g/mol. The number of carbonyl (C=O) groups excluding carboxylic acids is 1. The third kappa shape index (κ3) is 5.85. The Morgan fingerprint density at radius 2 is 2.09 bits per heavy atom. The summed E-state index contributed by atoms with van der Waals surface area (Å²) in [6.07, 6.45) is 0.958. The molecule has 0 amide bonds. The van der Waals surface area contributed by atoms with Crippen LogP contribution in [0, 0.1) is 11.8 Å². The highest BCUT2D eigenvalue weighted by Crippen LogP contribution is 2.13. The summed E-state index contributed by atoms with van der Waals surface area (Å²) in [5.74, 6) is -0.413. The molecule has 2 N–H and O–H groups in total. The van der Waals surface area contributed by atoms with Gasteiger partial charge in [0.1, 0.15) is 0 Å². The largest absolute Gasteiger partial charge is 0.550 e. The van der Waals surface area contributed by atoms with Crippen molar-refractivity contribution in [2.75, 3.05) is 6.54 Å². The van der Waals surface area contributed by atoms with E-state index < -0.39 is 5.97 Å². The summed E-state index contributed by atoms with van der Waals surface area (Å²) in [5, 5.41) is 10.2. The number of carboxylic acids is 1. The Hall–Kier alpha value is -0.570. The summed E-state index contributed by atoms with van der Waals surface area (Å²) in [6, 6.07) is 0. The lowest BCUT2D eigenvalue weighted by molar-refractivity contribution is -0.306. The van der Waals surface area contributed by atoms with Crippen LogP contribution in [0.1, 0.15) is 26.7 Å². The highest BCUT2D eigenvalue weighted by Gasteiger charge is 2.08. The summed E-state index contributed by atoms with van der Waals surface area (Å²) in [5.41, 5.74) is 5.38. The lowest BCUT2D eigenvalue weighted by atomic mass is 9.94. The first-order valence-electron chi connectivity index (χ1n) is 3.96. The first-order chi connectivity index (χ1) is 5.06. The number of nitrogens with two attached hydrogens (primary N) is 1. The maximum atomic E-state index is 10.2. The lowest BCUT2D eigenvalue weighted by Gasteiger charge is -2.16. The molecule has 0 saturated heterocycles. The predicted octanol–water partition coefficient (Wildman–Crippen LogP) is -0.253. The zero-order valence-corrected chi connectivity index (χ0v) is 7.17. The van der Waals surface area contributed by atoms with Crippen molar-refractivity contribution >= 4 is 5.97 Å². The Morgan fingerprint density at radius 3 is 2.36 bits per heavy atom. The summed E-state index contributed by atoms with van der Waals surface area (Å²) in [7, 11) is 0. The van der Waals surface area contributed by atoms with Gasteiger partial charge in [0.2, 0.25) is 0 Å². The standard InChI is InChI=1S/C8H17NO2/c1-6(2)3-7(5-9)4-8(10)11/h6-7H,3-5,9H2,1-2H3,(H,10,11)/p-1/t7-/m0/s1. The van der Waals surface area contributed by atoms with Gasteiger partial charge in [-0.15, -0.1) is 0 Å². The highest BCUT2D eigenvalue weighted by atomic mass is 16.4. The van der Waals surface area contributed by atoms with Gasteiger partial charge in [-0.1, -0.05) is 13.8 Å². The molecular weight excluding hydrogens is 142 g/mol. The van der Waals surface area contributed by atoms with E-state index in [2.05, 4.69) is 13.8 Å². The number of rotatable bonds is 5. The Balaban J connectivity index is 3.66. The summed E-state index contributed by atoms with van der Waals surface area (Å²) >= 11 is 0. The van der Waals surface area contributed by atoms with Crippen LogP contribution in [0.2, 0.25) is 0 Å². The van der Waals surface area contributed by atoms with E-state index in [9.17, 15) is 9.90 Å². The van der Waals surface area contributed by atoms with Crippen molar-refractivity contribution in [1.29, 1.82) is 0 Å². The third-order valence-corrected chi connectivity index (χ3v) is 1.59.